The summed E-state index contributed by atoms with van der Waals surface area (Å²) in [5.74, 6) is -0.0557. The fraction of sp³-hybridized carbons (Fsp3) is 0.375. The molecule has 2 aliphatic heterocycles. The van der Waals surface area contributed by atoms with Gasteiger partial charge < -0.3 is 25.0 Å². The summed E-state index contributed by atoms with van der Waals surface area (Å²) < 4.78 is 1.38. The van der Waals surface area contributed by atoms with Crippen LogP contribution in [0.3, 0.4) is 0 Å². The molecule has 0 amide bonds. The first-order valence-corrected chi connectivity index (χ1v) is 7.88. The minimum Gasteiger partial charge on any atom is -0.394 e. The summed E-state index contributed by atoms with van der Waals surface area (Å²) in [6.45, 7) is 0.824. The monoisotopic (exact) mass is 362 g/mol. The van der Waals surface area contributed by atoms with Gasteiger partial charge in [0.05, 0.1) is 24.2 Å². The summed E-state index contributed by atoms with van der Waals surface area (Å²) in [6, 6.07) is 5.19. The average Bonchev–Trinajstić information content (AvgIpc) is 2.60. The van der Waals surface area contributed by atoms with Gasteiger partial charge in [0.1, 0.15) is 18.3 Å². The summed E-state index contributed by atoms with van der Waals surface area (Å²) in [7, 11) is 0. The zero-order valence-electron chi connectivity index (χ0n) is 13.8. The van der Waals surface area contributed by atoms with E-state index in [1.165, 1.54) is 4.57 Å². The van der Waals surface area contributed by atoms with Crippen molar-refractivity contribution in [2.75, 3.05) is 6.61 Å². The highest BCUT2D eigenvalue weighted by Crippen LogP contribution is 2.22. The molecular formula is C16H18N4O6. The van der Waals surface area contributed by atoms with Gasteiger partial charge >= 0.3 is 5.69 Å². The van der Waals surface area contributed by atoms with Gasteiger partial charge in [-0.3, -0.25) is 9.78 Å². The van der Waals surface area contributed by atoms with Crippen molar-refractivity contribution in [2.24, 2.45) is 0 Å². The number of aliphatic hydroxyl groups excluding tert-OH is 4. The summed E-state index contributed by atoms with van der Waals surface area (Å²) in [6.07, 6.45) is -4.67. The Labute approximate surface area is 146 Å². The minimum absolute atomic E-state index is 0.0557. The third kappa shape index (κ3) is 3.22. The molecule has 2 aliphatic rings. The van der Waals surface area contributed by atoms with E-state index < -0.39 is 36.2 Å². The molecule has 0 aromatic heterocycles. The van der Waals surface area contributed by atoms with Crippen molar-refractivity contribution in [3.05, 3.63) is 44.6 Å². The number of aryl methyl sites for hydroxylation is 1. The number of rotatable bonds is 5. The smallest absolute Gasteiger partial charge is 0.349 e. The number of aromatic nitrogens is 4. The van der Waals surface area contributed by atoms with Crippen LogP contribution >= 0.6 is 0 Å². The lowest BCUT2D eigenvalue weighted by molar-refractivity contribution is -0.0802. The van der Waals surface area contributed by atoms with Crippen molar-refractivity contribution >= 4 is 11.0 Å². The summed E-state index contributed by atoms with van der Waals surface area (Å²) in [4.78, 5) is 33.8. The van der Waals surface area contributed by atoms with Gasteiger partial charge in [-0.25, -0.2) is 9.78 Å². The molecule has 3 atom stereocenters. The Kier molecular flexibility index (Phi) is 4.83. The van der Waals surface area contributed by atoms with E-state index in [1.807, 2.05) is 11.9 Å². The largest absolute Gasteiger partial charge is 0.394 e. The SMILES string of the molecule is Cc1ccc2c(c1)nc1c(=O)[nH]c(=O)nc-1n2C[C@H](O)[C@H](O)[C@H](O)CO. The van der Waals surface area contributed by atoms with E-state index in [-0.39, 0.29) is 18.1 Å². The Bertz CT molecular complexity index is 1030. The van der Waals surface area contributed by atoms with Gasteiger partial charge in [0.15, 0.2) is 11.5 Å². The molecule has 0 aliphatic carbocycles. The molecule has 26 heavy (non-hydrogen) atoms. The Balaban J connectivity index is 2.23. The van der Waals surface area contributed by atoms with E-state index in [0.717, 1.165) is 5.56 Å². The highest BCUT2D eigenvalue weighted by Gasteiger charge is 2.27. The van der Waals surface area contributed by atoms with Crippen LogP contribution < -0.4 is 11.2 Å². The Morgan fingerprint density at radius 1 is 1.15 bits per heavy atom. The first-order chi connectivity index (χ1) is 12.3. The normalized spacial score (nSPS) is 15.3. The predicted octanol–water partition coefficient (Wildman–Crippen LogP) is -2.03. The number of hydrogen-bond donors (Lipinski definition) is 5. The molecule has 1 aromatic rings. The number of aromatic amines is 1. The molecule has 0 bridgehead atoms. The van der Waals surface area contributed by atoms with Crippen LogP contribution in [0.2, 0.25) is 0 Å². The van der Waals surface area contributed by atoms with Gasteiger partial charge in [-0.05, 0) is 24.6 Å². The Morgan fingerprint density at radius 3 is 2.58 bits per heavy atom. The Morgan fingerprint density at radius 2 is 1.88 bits per heavy atom. The lowest BCUT2D eigenvalue weighted by Gasteiger charge is -2.24. The standard InChI is InChI=1S/C16H18N4O6/c1-7-2-3-9-8(4-7)17-12-14(18-16(26)19-15(12)25)20(9)5-10(22)13(24)11(23)6-21/h2-4,10-11,13,21-24H,5-6H2,1H3,(H,19,25,26)/t10-,11+,13-/m0/s1. The van der Waals surface area contributed by atoms with Crippen molar-refractivity contribution in [1.82, 2.24) is 19.5 Å². The van der Waals surface area contributed by atoms with Gasteiger partial charge in [-0.1, -0.05) is 6.07 Å². The van der Waals surface area contributed by atoms with E-state index in [4.69, 9.17) is 5.11 Å². The second-order valence-electron chi connectivity index (χ2n) is 6.07. The zero-order chi connectivity index (χ0) is 19.0. The van der Waals surface area contributed by atoms with Crippen molar-refractivity contribution in [2.45, 2.75) is 31.8 Å². The molecule has 2 heterocycles. The molecule has 10 heteroatoms. The van der Waals surface area contributed by atoms with Crippen molar-refractivity contribution < 1.29 is 20.4 Å². The predicted molar refractivity (Wildman–Crippen MR) is 90.9 cm³/mol. The number of nitrogens with zero attached hydrogens (tertiary/aromatic N) is 3. The highest BCUT2D eigenvalue weighted by atomic mass is 16.4. The first kappa shape index (κ1) is 18.1. The third-order valence-corrected chi connectivity index (χ3v) is 4.11. The number of benzene rings is 1. The fourth-order valence-electron chi connectivity index (χ4n) is 2.75. The molecule has 0 saturated carbocycles. The molecule has 3 rings (SSSR count). The lowest BCUT2D eigenvalue weighted by Crippen LogP contribution is -2.42. The van der Waals surface area contributed by atoms with Gasteiger partial charge in [0.25, 0.3) is 5.56 Å². The molecular weight excluding hydrogens is 344 g/mol. The minimum atomic E-state index is -1.63. The maximum Gasteiger partial charge on any atom is 0.349 e. The summed E-state index contributed by atoms with van der Waals surface area (Å²) in [5.41, 5.74) is 0.125. The van der Waals surface area contributed by atoms with Crippen LogP contribution in [0, 0.1) is 6.92 Å². The third-order valence-electron chi connectivity index (χ3n) is 4.11. The van der Waals surface area contributed by atoms with Gasteiger partial charge in [-0.2, -0.15) is 4.98 Å². The van der Waals surface area contributed by atoms with Crippen LogP contribution in [0.25, 0.3) is 22.6 Å². The molecule has 10 nitrogen and oxygen atoms in total. The molecule has 0 fully saturated rings. The summed E-state index contributed by atoms with van der Waals surface area (Å²) in [5, 5.41) is 38.6. The van der Waals surface area contributed by atoms with Crippen LogP contribution in [0.4, 0.5) is 0 Å². The molecule has 5 N–H and O–H groups in total. The van der Waals surface area contributed by atoms with Crippen LogP contribution in [-0.4, -0.2) is 64.9 Å². The van der Waals surface area contributed by atoms with Gasteiger partial charge in [-0.15, -0.1) is 0 Å². The zero-order valence-corrected chi connectivity index (χ0v) is 13.8. The number of H-pyrrole nitrogens is 1. The molecule has 1 aromatic carbocycles. The lowest BCUT2D eigenvalue weighted by atomic mass is 10.1. The number of aliphatic hydroxyl groups is 4. The maximum absolute atomic E-state index is 12.1. The van der Waals surface area contributed by atoms with E-state index in [1.54, 1.807) is 18.2 Å². The van der Waals surface area contributed by atoms with Gasteiger partial charge in [0, 0.05) is 0 Å². The van der Waals surface area contributed by atoms with E-state index in [2.05, 4.69) is 9.97 Å². The van der Waals surface area contributed by atoms with E-state index in [0.29, 0.717) is 11.0 Å². The number of nitrogens with one attached hydrogen (secondary N) is 1. The van der Waals surface area contributed by atoms with Crippen molar-refractivity contribution in [3.63, 3.8) is 0 Å². The average molecular weight is 362 g/mol. The second kappa shape index (κ2) is 6.92. The van der Waals surface area contributed by atoms with Crippen LogP contribution in [0.1, 0.15) is 5.56 Å². The van der Waals surface area contributed by atoms with Crippen molar-refractivity contribution in [1.29, 1.82) is 0 Å². The topological polar surface area (TPSA) is 162 Å². The van der Waals surface area contributed by atoms with Crippen molar-refractivity contribution in [3.8, 4) is 11.5 Å². The van der Waals surface area contributed by atoms with E-state index in [9.17, 15) is 24.9 Å². The van der Waals surface area contributed by atoms with Crippen LogP contribution in [0.15, 0.2) is 27.8 Å². The quantitative estimate of drug-likeness (QED) is 0.325. The summed E-state index contributed by atoms with van der Waals surface area (Å²) >= 11 is 0. The van der Waals surface area contributed by atoms with Crippen LogP contribution in [-0.2, 0) is 6.54 Å². The van der Waals surface area contributed by atoms with Crippen LogP contribution in [0.5, 0.6) is 0 Å². The molecule has 0 unspecified atom stereocenters. The first-order valence-electron chi connectivity index (χ1n) is 7.88. The fourth-order valence-corrected chi connectivity index (χ4v) is 2.75. The number of fused-ring (bicyclic) bond motifs is 2. The second-order valence-corrected chi connectivity index (χ2v) is 6.07. The maximum atomic E-state index is 12.1. The van der Waals surface area contributed by atoms with E-state index >= 15 is 0 Å². The Hall–Kier alpha value is -2.66. The molecule has 0 saturated heterocycles. The molecule has 138 valence electrons. The highest BCUT2D eigenvalue weighted by molar-refractivity contribution is 5.80. The van der Waals surface area contributed by atoms with Gasteiger partial charge in [0.2, 0.25) is 0 Å². The molecule has 0 spiro atoms. The molecule has 0 radical (unpaired) electrons. The number of hydrogen-bond acceptors (Lipinski definition) is 8.